The molecule has 1 aromatic carbocycles. The molecule has 140 valence electrons. The highest BCUT2D eigenvalue weighted by Crippen LogP contribution is 2.16. The van der Waals surface area contributed by atoms with Crippen LogP contribution in [0, 0.1) is 0 Å². The van der Waals surface area contributed by atoms with Crippen LogP contribution in [-0.4, -0.2) is 47.7 Å². The quantitative estimate of drug-likeness (QED) is 0.479. The van der Waals surface area contributed by atoms with Crippen molar-refractivity contribution < 1.29 is 37.3 Å². The molecule has 0 aliphatic heterocycles. The van der Waals surface area contributed by atoms with Crippen LogP contribution in [0.15, 0.2) is 30.3 Å². The van der Waals surface area contributed by atoms with E-state index in [1.165, 1.54) is 0 Å². The summed E-state index contributed by atoms with van der Waals surface area (Å²) in [5.74, 6) is -1.27. The molecular weight excluding hydrogens is 363 g/mol. The number of carboxylic acid groups (broad SMARTS) is 1. The number of carbonyl (C=O) groups excluding carboxylic acids is 1. The van der Waals surface area contributed by atoms with Crippen LogP contribution in [-0.2, 0) is 20.9 Å². The summed E-state index contributed by atoms with van der Waals surface area (Å²) in [4.78, 5) is 22.7. The summed E-state index contributed by atoms with van der Waals surface area (Å²) < 4.78 is 44.9. The third-order valence-corrected chi connectivity index (χ3v) is 3.64. The molecule has 0 saturated heterocycles. The van der Waals surface area contributed by atoms with Crippen LogP contribution in [0.3, 0.4) is 0 Å². The van der Waals surface area contributed by atoms with Crippen molar-refractivity contribution in [3.8, 4) is 0 Å². The van der Waals surface area contributed by atoms with Crippen LogP contribution in [0.1, 0.15) is 12.0 Å². The number of alkyl carbamates (subject to hydrolysis) is 1. The van der Waals surface area contributed by atoms with Crippen molar-refractivity contribution in [3.05, 3.63) is 35.9 Å². The molecule has 1 atom stereocenters. The molecule has 0 saturated carbocycles. The maximum Gasteiger partial charge on any atom is 0.411 e. The third-order valence-electron chi connectivity index (χ3n) is 2.79. The lowest BCUT2D eigenvalue weighted by Crippen LogP contribution is -2.41. The SMILES string of the molecule is O=C(NC(CCSCOCC(F)(F)F)C(=O)O)OCc1ccccc1. The minimum atomic E-state index is -4.39. The lowest BCUT2D eigenvalue weighted by atomic mass is 10.2. The van der Waals surface area contributed by atoms with Gasteiger partial charge in [-0.3, -0.25) is 0 Å². The summed E-state index contributed by atoms with van der Waals surface area (Å²) in [5.41, 5.74) is 0.752. The van der Waals surface area contributed by atoms with Crippen LogP contribution in [0.2, 0.25) is 0 Å². The van der Waals surface area contributed by atoms with Crippen LogP contribution in [0.25, 0.3) is 0 Å². The van der Waals surface area contributed by atoms with Crippen molar-refractivity contribution >= 4 is 23.8 Å². The third kappa shape index (κ3) is 10.5. The van der Waals surface area contributed by atoms with Gasteiger partial charge in [-0.1, -0.05) is 30.3 Å². The van der Waals surface area contributed by atoms with Crippen LogP contribution in [0.4, 0.5) is 18.0 Å². The average Bonchev–Trinajstić information content (AvgIpc) is 2.54. The van der Waals surface area contributed by atoms with E-state index in [0.717, 1.165) is 17.3 Å². The molecule has 25 heavy (non-hydrogen) atoms. The van der Waals surface area contributed by atoms with Gasteiger partial charge in [0.2, 0.25) is 0 Å². The highest BCUT2D eigenvalue weighted by Gasteiger charge is 2.27. The van der Waals surface area contributed by atoms with Gasteiger partial charge in [0.05, 0.1) is 5.94 Å². The number of benzene rings is 1. The first-order valence-corrected chi connectivity index (χ1v) is 8.35. The van der Waals surface area contributed by atoms with Gasteiger partial charge in [0, 0.05) is 0 Å². The normalized spacial score (nSPS) is 12.4. The zero-order chi connectivity index (χ0) is 18.7. The number of thioether (sulfide) groups is 1. The molecule has 1 aromatic rings. The molecule has 0 bridgehead atoms. The second kappa shape index (κ2) is 10.8. The zero-order valence-electron chi connectivity index (χ0n) is 13.1. The van der Waals surface area contributed by atoms with E-state index in [2.05, 4.69) is 10.1 Å². The van der Waals surface area contributed by atoms with Crippen molar-refractivity contribution in [2.75, 3.05) is 18.3 Å². The Labute approximate surface area is 146 Å². The fraction of sp³-hybridized carbons (Fsp3) is 0.467. The number of carboxylic acids is 1. The smallest absolute Gasteiger partial charge is 0.411 e. The maximum atomic E-state index is 11.9. The van der Waals surface area contributed by atoms with Gasteiger partial charge in [-0.15, -0.1) is 11.8 Å². The Morgan fingerprint density at radius 3 is 2.52 bits per heavy atom. The number of alkyl halides is 3. The molecule has 0 radical (unpaired) electrons. The first-order chi connectivity index (χ1) is 11.8. The van der Waals surface area contributed by atoms with E-state index >= 15 is 0 Å². The number of hydrogen-bond acceptors (Lipinski definition) is 5. The highest BCUT2D eigenvalue weighted by atomic mass is 32.2. The van der Waals surface area contributed by atoms with Gasteiger partial charge in [0.15, 0.2) is 0 Å². The number of hydrogen-bond donors (Lipinski definition) is 2. The molecule has 6 nitrogen and oxygen atoms in total. The number of amides is 1. The van der Waals surface area contributed by atoms with E-state index < -0.39 is 30.9 Å². The molecule has 0 aliphatic rings. The van der Waals surface area contributed by atoms with Gasteiger partial charge in [0.25, 0.3) is 0 Å². The number of ether oxygens (including phenoxy) is 2. The summed E-state index contributed by atoms with van der Waals surface area (Å²) in [6, 6.07) is 7.65. The van der Waals surface area contributed by atoms with Crippen LogP contribution in [0.5, 0.6) is 0 Å². The molecule has 10 heteroatoms. The Hall–Kier alpha value is -1.94. The van der Waals surface area contributed by atoms with Gasteiger partial charge in [-0.2, -0.15) is 13.2 Å². The van der Waals surface area contributed by atoms with E-state index in [0.29, 0.717) is 0 Å². The molecule has 1 rings (SSSR count). The van der Waals surface area contributed by atoms with Gasteiger partial charge in [0.1, 0.15) is 19.3 Å². The summed E-state index contributed by atoms with van der Waals surface area (Å²) in [7, 11) is 0. The Morgan fingerprint density at radius 1 is 1.24 bits per heavy atom. The molecule has 0 spiro atoms. The minimum absolute atomic E-state index is 0.000948. The Kier molecular flexibility index (Phi) is 9.14. The highest BCUT2D eigenvalue weighted by molar-refractivity contribution is 7.99. The van der Waals surface area contributed by atoms with E-state index in [1.54, 1.807) is 30.3 Å². The summed E-state index contributed by atoms with van der Waals surface area (Å²) in [6.07, 6.45) is -5.25. The number of aliphatic carboxylic acids is 1. The molecule has 0 aromatic heterocycles. The fourth-order valence-electron chi connectivity index (χ4n) is 1.64. The van der Waals surface area contributed by atoms with Crippen molar-refractivity contribution in [1.82, 2.24) is 5.32 Å². The molecule has 1 unspecified atom stereocenters. The number of rotatable bonds is 10. The fourth-order valence-corrected chi connectivity index (χ4v) is 2.36. The van der Waals surface area contributed by atoms with Crippen molar-refractivity contribution in [1.29, 1.82) is 0 Å². The van der Waals surface area contributed by atoms with Gasteiger partial charge in [-0.05, 0) is 17.7 Å². The lowest BCUT2D eigenvalue weighted by molar-refractivity contribution is -0.168. The topological polar surface area (TPSA) is 84.9 Å². The summed E-state index contributed by atoms with van der Waals surface area (Å²) >= 11 is 0.999. The maximum absolute atomic E-state index is 11.9. The van der Waals surface area contributed by atoms with Gasteiger partial charge < -0.3 is 19.9 Å². The van der Waals surface area contributed by atoms with Gasteiger partial charge in [-0.25, -0.2) is 9.59 Å². The standard InChI is InChI=1S/C15H18F3NO5S/c16-15(17,18)9-23-10-25-7-6-12(13(20)21)19-14(22)24-8-11-4-2-1-3-5-11/h1-5,12H,6-10H2,(H,19,22)(H,20,21). The van der Waals surface area contributed by atoms with Gasteiger partial charge >= 0.3 is 18.2 Å². The second-order valence-electron chi connectivity index (χ2n) is 4.88. The first kappa shape index (κ1) is 21.1. The molecule has 0 fully saturated rings. The molecule has 2 N–H and O–H groups in total. The average molecular weight is 381 g/mol. The summed E-state index contributed by atoms with van der Waals surface area (Å²) in [5, 5.41) is 11.3. The van der Waals surface area contributed by atoms with Crippen molar-refractivity contribution in [2.45, 2.75) is 25.2 Å². The van der Waals surface area contributed by atoms with Crippen LogP contribution < -0.4 is 5.32 Å². The molecule has 1 amide bonds. The monoisotopic (exact) mass is 381 g/mol. The largest absolute Gasteiger partial charge is 0.480 e. The second-order valence-corrected chi connectivity index (χ2v) is 5.93. The molecular formula is C15H18F3NO5S. The zero-order valence-corrected chi connectivity index (χ0v) is 13.9. The van der Waals surface area contributed by atoms with E-state index in [9.17, 15) is 22.8 Å². The van der Waals surface area contributed by atoms with Crippen molar-refractivity contribution in [3.63, 3.8) is 0 Å². The predicted molar refractivity (Wildman–Crippen MR) is 85.1 cm³/mol. The lowest BCUT2D eigenvalue weighted by Gasteiger charge is -2.14. The van der Waals surface area contributed by atoms with E-state index in [1.807, 2.05) is 0 Å². The van der Waals surface area contributed by atoms with E-state index in [-0.39, 0.29) is 24.7 Å². The molecule has 0 heterocycles. The molecule has 0 aliphatic carbocycles. The Bertz CT molecular complexity index is 542. The van der Waals surface area contributed by atoms with E-state index in [4.69, 9.17) is 9.84 Å². The number of halogens is 3. The minimum Gasteiger partial charge on any atom is -0.480 e. The summed E-state index contributed by atoms with van der Waals surface area (Å²) in [6.45, 7) is -1.36. The number of carbonyl (C=O) groups is 2. The Morgan fingerprint density at radius 2 is 1.92 bits per heavy atom. The predicted octanol–water partition coefficient (Wildman–Crippen LogP) is 3.03. The first-order valence-electron chi connectivity index (χ1n) is 7.20. The number of nitrogens with one attached hydrogen (secondary N) is 1. The van der Waals surface area contributed by atoms with Crippen LogP contribution >= 0.6 is 11.8 Å². The van der Waals surface area contributed by atoms with Crippen molar-refractivity contribution in [2.24, 2.45) is 0 Å². The Balaban J connectivity index is 2.24.